The lowest BCUT2D eigenvalue weighted by molar-refractivity contribution is 0.0908. The molecule has 13 nitrogen and oxygen atoms in total. The minimum absolute atomic E-state index is 0.307. The lowest BCUT2D eigenvalue weighted by Crippen LogP contribution is -2.23. The minimum atomic E-state index is -0.307. The van der Waals surface area contributed by atoms with Gasteiger partial charge in [-0.25, -0.2) is 19.0 Å². The van der Waals surface area contributed by atoms with Crippen LogP contribution in [-0.4, -0.2) is 66.6 Å². The van der Waals surface area contributed by atoms with Crippen LogP contribution in [0.5, 0.6) is 11.5 Å². The Hall–Kier alpha value is -5.92. The Kier molecular flexibility index (Phi) is 6.60. The molecule has 13 heteroatoms. The number of rotatable bonds is 10. The molecule has 0 bridgehead atoms. The first-order valence-electron chi connectivity index (χ1n) is 15.2. The molecule has 6 aromatic rings. The second-order valence-electron chi connectivity index (χ2n) is 12.1. The van der Waals surface area contributed by atoms with Gasteiger partial charge in [0.1, 0.15) is 12.1 Å². The Bertz CT molecular complexity index is 2110. The van der Waals surface area contributed by atoms with Crippen molar-refractivity contribution < 1.29 is 14.2 Å². The first-order valence-corrected chi connectivity index (χ1v) is 15.2. The van der Waals surface area contributed by atoms with Gasteiger partial charge in [0.05, 0.1) is 60.8 Å². The van der Waals surface area contributed by atoms with Crippen molar-refractivity contribution in [3.05, 3.63) is 84.0 Å². The fraction of sp³-hybridized carbons (Fsp3) is 0.294. The SMILES string of the molecule is COc1ccc(-c2cncc(C#N)c2)n2nc(C3(COCC4(c5nc6c(OC)ccc(-c7cncc(C#N)c7)n6n5)CC4)CC3)nc12. The standard InChI is InChI=1S/C34H28N10O3/c1-45-27-5-3-25(23-11-21(13-35)15-37-17-23)43-29(27)39-31(41-43)33(7-8-33)19-47-20-34(9-10-34)32-40-30-28(46-2)6-4-26(44(30)42-32)24-12-22(14-36)16-38-18-24/h3-6,11-12,15-18H,7-10,19-20H2,1-2H3. The summed E-state index contributed by atoms with van der Waals surface area (Å²) in [6, 6.07) is 15.4. The zero-order valence-electron chi connectivity index (χ0n) is 25.7. The molecule has 2 aliphatic carbocycles. The highest BCUT2D eigenvalue weighted by Crippen LogP contribution is 2.50. The van der Waals surface area contributed by atoms with E-state index in [1.54, 1.807) is 47.8 Å². The van der Waals surface area contributed by atoms with Gasteiger partial charge < -0.3 is 14.2 Å². The molecule has 6 heterocycles. The van der Waals surface area contributed by atoms with E-state index in [-0.39, 0.29) is 10.8 Å². The highest BCUT2D eigenvalue weighted by Gasteiger charge is 2.52. The lowest BCUT2D eigenvalue weighted by atomic mass is 10.1. The molecule has 2 aliphatic rings. The van der Waals surface area contributed by atoms with E-state index in [9.17, 15) is 10.5 Å². The lowest BCUT2D eigenvalue weighted by Gasteiger charge is -2.16. The van der Waals surface area contributed by atoms with Crippen molar-refractivity contribution >= 4 is 11.3 Å². The van der Waals surface area contributed by atoms with Crippen LogP contribution >= 0.6 is 0 Å². The average molecular weight is 625 g/mol. The maximum atomic E-state index is 9.39. The van der Waals surface area contributed by atoms with E-state index in [0.717, 1.165) is 48.2 Å². The molecule has 0 aliphatic heterocycles. The summed E-state index contributed by atoms with van der Waals surface area (Å²) in [5.41, 5.74) is 4.57. The third-order valence-electron chi connectivity index (χ3n) is 9.08. The van der Waals surface area contributed by atoms with E-state index >= 15 is 0 Å². The zero-order valence-corrected chi connectivity index (χ0v) is 25.7. The number of hydrogen-bond acceptors (Lipinski definition) is 11. The topological polar surface area (TPSA) is 161 Å². The number of nitriles is 2. The summed E-state index contributed by atoms with van der Waals surface area (Å²) in [5.74, 6) is 2.61. The molecule has 0 aromatic carbocycles. The maximum absolute atomic E-state index is 9.39. The zero-order chi connectivity index (χ0) is 32.2. The molecule has 47 heavy (non-hydrogen) atoms. The number of nitrogens with zero attached hydrogens (tertiary/aromatic N) is 10. The highest BCUT2D eigenvalue weighted by molar-refractivity contribution is 5.69. The van der Waals surface area contributed by atoms with Crippen LogP contribution in [0.3, 0.4) is 0 Å². The smallest absolute Gasteiger partial charge is 0.198 e. The third kappa shape index (κ3) is 4.80. The van der Waals surface area contributed by atoms with E-state index in [2.05, 4.69) is 22.1 Å². The Morgan fingerprint density at radius 1 is 0.681 bits per heavy atom. The van der Waals surface area contributed by atoms with E-state index in [1.807, 2.05) is 24.3 Å². The molecule has 2 saturated carbocycles. The van der Waals surface area contributed by atoms with Crippen molar-refractivity contribution in [1.29, 1.82) is 10.5 Å². The van der Waals surface area contributed by atoms with Gasteiger partial charge >= 0.3 is 0 Å². The van der Waals surface area contributed by atoms with Gasteiger partial charge in [-0.15, -0.1) is 10.2 Å². The first-order chi connectivity index (χ1) is 23.0. The summed E-state index contributed by atoms with van der Waals surface area (Å²) in [7, 11) is 3.22. The normalized spacial score (nSPS) is 15.7. The fourth-order valence-electron chi connectivity index (χ4n) is 5.97. The third-order valence-corrected chi connectivity index (χ3v) is 9.08. The van der Waals surface area contributed by atoms with Crippen LogP contribution in [0.4, 0.5) is 0 Å². The molecule has 0 saturated heterocycles. The number of aromatic nitrogens is 8. The second kappa shape index (κ2) is 10.9. The predicted molar refractivity (Wildman–Crippen MR) is 168 cm³/mol. The summed E-state index contributed by atoms with van der Waals surface area (Å²) >= 11 is 0. The van der Waals surface area contributed by atoms with Crippen molar-refractivity contribution in [2.24, 2.45) is 0 Å². The Morgan fingerprint density at radius 3 is 1.51 bits per heavy atom. The fourth-order valence-corrected chi connectivity index (χ4v) is 5.97. The van der Waals surface area contributed by atoms with Gasteiger partial charge in [-0.3, -0.25) is 9.97 Å². The summed E-state index contributed by atoms with van der Waals surface area (Å²) in [6.07, 6.45) is 10.1. The summed E-state index contributed by atoms with van der Waals surface area (Å²) < 4.78 is 21.2. The average Bonchev–Trinajstić information content (AvgIpc) is 3.99. The Morgan fingerprint density at radius 2 is 1.13 bits per heavy atom. The molecular weight excluding hydrogens is 596 g/mol. The first kappa shape index (κ1) is 28.5. The molecule has 0 amide bonds. The molecular formula is C34H28N10O3. The van der Waals surface area contributed by atoms with Crippen LogP contribution in [-0.2, 0) is 15.6 Å². The van der Waals surface area contributed by atoms with Gasteiger partial charge in [0.25, 0.3) is 0 Å². The monoisotopic (exact) mass is 624 g/mol. The predicted octanol–water partition coefficient (Wildman–Crippen LogP) is 4.44. The molecule has 0 spiro atoms. The molecule has 6 aromatic heterocycles. The van der Waals surface area contributed by atoms with Crippen LogP contribution < -0.4 is 9.47 Å². The number of ether oxygens (including phenoxy) is 3. The van der Waals surface area contributed by atoms with Crippen molar-refractivity contribution in [3.8, 4) is 46.2 Å². The maximum Gasteiger partial charge on any atom is 0.198 e. The highest BCUT2D eigenvalue weighted by atomic mass is 16.5. The second-order valence-corrected chi connectivity index (χ2v) is 12.1. The Balaban J connectivity index is 1.06. The molecule has 0 N–H and O–H groups in total. The Labute approximate surface area is 269 Å². The van der Waals surface area contributed by atoms with Crippen molar-refractivity contribution in [1.82, 2.24) is 39.2 Å². The largest absolute Gasteiger partial charge is 0.493 e. The summed E-state index contributed by atoms with van der Waals surface area (Å²) in [6.45, 7) is 0.923. The summed E-state index contributed by atoms with van der Waals surface area (Å²) in [4.78, 5) is 18.3. The van der Waals surface area contributed by atoms with Gasteiger partial charge in [-0.2, -0.15) is 10.5 Å². The minimum Gasteiger partial charge on any atom is -0.493 e. The van der Waals surface area contributed by atoms with E-state index in [4.69, 9.17) is 34.4 Å². The summed E-state index contributed by atoms with van der Waals surface area (Å²) in [5, 5.41) is 28.7. The van der Waals surface area contributed by atoms with E-state index in [0.29, 0.717) is 58.8 Å². The van der Waals surface area contributed by atoms with Gasteiger partial charge in [-0.1, -0.05) is 0 Å². The molecule has 8 rings (SSSR count). The van der Waals surface area contributed by atoms with E-state index in [1.165, 1.54) is 12.4 Å². The van der Waals surface area contributed by atoms with Crippen molar-refractivity contribution in [2.75, 3.05) is 27.4 Å². The van der Waals surface area contributed by atoms with E-state index < -0.39 is 0 Å². The number of fused-ring (bicyclic) bond motifs is 2. The van der Waals surface area contributed by atoms with Crippen LogP contribution in [0.2, 0.25) is 0 Å². The van der Waals surface area contributed by atoms with Crippen molar-refractivity contribution in [2.45, 2.75) is 36.5 Å². The van der Waals surface area contributed by atoms with Gasteiger partial charge in [-0.05, 0) is 62.1 Å². The van der Waals surface area contributed by atoms with Gasteiger partial charge in [0.15, 0.2) is 34.4 Å². The van der Waals surface area contributed by atoms with Crippen LogP contribution in [0.25, 0.3) is 33.8 Å². The quantitative estimate of drug-likeness (QED) is 0.212. The van der Waals surface area contributed by atoms with Crippen molar-refractivity contribution in [3.63, 3.8) is 0 Å². The molecule has 0 atom stereocenters. The molecule has 2 fully saturated rings. The van der Waals surface area contributed by atoms with Crippen LogP contribution in [0.15, 0.2) is 61.2 Å². The molecule has 232 valence electrons. The molecule has 0 unspecified atom stereocenters. The van der Waals surface area contributed by atoms with Crippen LogP contribution in [0, 0.1) is 22.7 Å². The number of hydrogen-bond donors (Lipinski definition) is 0. The number of pyridine rings is 4. The van der Waals surface area contributed by atoms with Crippen LogP contribution in [0.1, 0.15) is 48.5 Å². The molecule has 0 radical (unpaired) electrons. The van der Waals surface area contributed by atoms with Gasteiger partial charge in [0, 0.05) is 35.9 Å². The number of methoxy groups -OCH3 is 2. The van der Waals surface area contributed by atoms with Gasteiger partial charge in [0.2, 0.25) is 0 Å².